The Bertz CT molecular complexity index is 617. The van der Waals surface area contributed by atoms with E-state index in [1.807, 2.05) is 38.3 Å². The van der Waals surface area contributed by atoms with Crippen LogP contribution >= 0.6 is 0 Å². The first-order valence-corrected chi connectivity index (χ1v) is 6.49. The van der Waals surface area contributed by atoms with Gasteiger partial charge in [0.15, 0.2) is 0 Å². The van der Waals surface area contributed by atoms with Gasteiger partial charge in [0.25, 0.3) is 0 Å². The Morgan fingerprint density at radius 2 is 1.89 bits per heavy atom. The first kappa shape index (κ1) is 13.6. The number of nitriles is 1. The van der Waals surface area contributed by atoms with Crippen molar-refractivity contribution in [3.05, 3.63) is 36.1 Å². The van der Waals surface area contributed by atoms with Crippen molar-refractivity contribution in [2.75, 3.05) is 6.54 Å². The SMILES string of the molecule is CC(C)(C#N)NCC(C)(C)c1coc2ccccc12. The van der Waals surface area contributed by atoms with Gasteiger partial charge in [-0.3, -0.25) is 5.32 Å². The lowest BCUT2D eigenvalue weighted by atomic mass is 9.83. The van der Waals surface area contributed by atoms with Crippen LogP contribution in [-0.4, -0.2) is 12.1 Å². The Balaban J connectivity index is 2.27. The molecule has 0 saturated carbocycles. The zero-order valence-electron chi connectivity index (χ0n) is 11.9. The zero-order valence-corrected chi connectivity index (χ0v) is 11.9. The summed E-state index contributed by atoms with van der Waals surface area (Å²) in [7, 11) is 0. The Hall–Kier alpha value is -1.79. The normalized spacial score (nSPS) is 12.6. The first-order valence-electron chi connectivity index (χ1n) is 6.49. The minimum atomic E-state index is -0.517. The van der Waals surface area contributed by atoms with Crippen LogP contribution in [0.4, 0.5) is 0 Å². The standard InChI is InChI=1S/C16H20N2O/c1-15(2,11-18-16(3,4)10-17)13-9-19-14-8-6-5-7-12(13)14/h5-9,18H,11H2,1-4H3. The summed E-state index contributed by atoms with van der Waals surface area (Å²) in [6.07, 6.45) is 1.83. The zero-order chi connectivity index (χ0) is 14.1. The molecule has 0 aliphatic heterocycles. The quantitative estimate of drug-likeness (QED) is 0.909. The topological polar surface area (TPSA) is 49.0 Å². The van der Waals surface area contributed by atoms with Crippen LogP contribution in [0.15, 0.2) is 34.9 Å². The van der Waals surface area contributed by atoms with Gasteiger partial charge in [-0.2, -0.15) is 5.26 Å². The highest BCUT2D eigenvalue weighted by Gasteiger charge is 2.27. The number of benzene rings is 1. The van der Waals surface area contributed by atoms with Gasteiger partial charge >= 0.3 is 0 Å². The second kappa shape index (κ2) is 4.71. The fourth-order valence-electron chi connectivity index (χ4n) is 2.08. The minimum Gasteiger partial charge on any atom is -0.464 e. The molecule has 2 rings (SSSR count). The molecule has 3 heteroatoms. The van der Waals surface area contributed by atoms with Crippen LogP contribution in [0.25, 0.3) is 11.0 Å². The molecule has 1 aromatic heterocycles. The molecular weight excluding hydrogens is 236 g/mol. The van der Waals surface area contributed by atoms with E-state index in [1.165, 1.54) is 5.56 Å². The van der Waals surface area contributed by atoms with Crippen LogP contribution in [0.2, 0.25) is 0 Å². The maximum Gasteiger partial charge on any atom is 0.134 e. The van der Waals surface area contributed by atoms with Gasteiger partial charge in [-0.1, -0.05) is 32.0 Å². The number of rotatable bonds is 4. The van der Waals surface area contributed by atoms with Crippen LogP contribution in [0.1, 0.15) is 33.3 Å². The van der Waals surface area contributed by atoms with Gasteiger partial charge < -0.3 is 4.42 Å². The van der Waals surface area contributed by atoms with Crippen LogP contribution in [0.5, 0.6) is 0 Å². The van der Waals surface area contributed by atoms with E-state index in [0.29, 0.717) is 0 Å². The highest BCUT2D eigenvalue weighted by atomic mass is 16.3. The second-order valence-electron chi connectivity index (χ2n) is 6.12. The molecule has 0 amide bonds. The second-order valence-corrected chi connectivity index (χ2v) is 6.12. The fraction of sp³-hybridized carbons (Fsp3) is 0.438. The smallest absolute Gasteiger partial charge is 0.134 e. The highest BCUT2D eigenvalue weighted by molar-refractivity contribution is 5.82. The van der Waals surface area contributed by atoms with E-state index in [-0.39, 0.29) is 5.41 Å². The van der Waals surface area contributed by atoms with Gasteiger partial charge in [0, 0.05) is 22.9 Å². The lowest BCUT2D eigenvalue weighted by Crippen LogP contribution is -2.44. The molecular formula is C16H20N2O. The molecule has 19 heavy (non-hydrogen) atoms. The summed E-state index contributed by atoms with van der Waals surface area (Å²) in [6, 6.07) is 10.3. The van der Waals surface area contributed by atoms with Crippen LogP contribution in [-0.2, 0) is 5.41 Å². The average Bonchev–Trinajstić information content (AvgIpc) is 2.81. The number of nitrogens with zero attached hydrogens (tertiary/aromatic N) is 1. The van der Waals surface area contributed by atoms with Gasteiger partial charge in [-0.15, -0.1) is 0 Å². The highest BCUT2D eigenvalue weighted by Crippen LogP contribution is 2.31. The van der Waals surface area contributed by atoms with E-state index in [2.05, 4.69) is 31.3 Å². The molecule has 100 valence electrons. The lowest BCUT2D eigenvalue weighted by Gasteiger charge is -2.28. The summed E-state index contributed by atoms with van der Waals surface area (Å²) in [5.74, 6) is 0. The molecule has 1 aromatic carbocycles. The van der Waals surface area contributed by atoms with Crippen molar-refractivity contribution in [1.82, 2.24) is 5.32 Å². The number of furan rings is 1. The van der Waals surface area contributed by atoms with Crippen molar-refractivity contribution >= 4 is 11.0 Å². The number of hydrogen-bond donors (Lipinski definition) is 1. The summed E-state index contributed by atoms with van der Waals surface area (Å²) in [5, 5.41) is 13.5. The van der Waals surface area contributed by atoms with Crippen LogP contribution in [0.3, 0.4) is 0 Å². The predicted octanol–water partition coefficient (Wildman–Crippen LogP) is 3.60. The summed E-state index contributed by atoms with van der Waals surface area (Å²) in [5.41, 5.74) is 1.46. The number of fused-ring (bicyclic) bond motifs is 1. The Morgan fingerprint density at radius 1 is 1.21 bits per heavy atom. The van der Waals surface area contributed by atoms with Crippen molar-refractivity contribution in [3.8, 4) is 6.07 Å². The Morgan fingerprint density at radius 3 is 2.58 bits per heavy atom. The molecule has 0 radical (unpaired) electrons. The maximum atomic E-state index is 9.06. The van der Waals surface area contributed by atoms with Crippen molar-refractivity contribution in [3.63, 3.8) is 0 Å². The summed E-state index contributed by atoms with van der Waals surface area (Å²) in [4.78, 5) is 0. The van der Waals surface area contributed by atoms with Crippen molar-refractivity contribution in [2.24, 2.45) is 0 Å². The molecule has 0 fully saturated rings. The molecule has 0 aliphatic carbocycles. The lowest BCUT2D eigenvalue weighted by molar-refractivity contribution is 0.396. The van der Waals surface area contributed by atoms with Crippen LogP contribution < -0.4 is 5.32 Å². The monoisotopic (exact) mass is 256 g/mol. The van der Waals surface area contributed by atoms with Gasteiger partial charge in [-0.05, 0) is 19.9 Å². The van der Waals surface area contributed by atoms with Crippen molar-refractivity contribution < 1.29 is 4.42 Å². The van der Waals surface area contributed by atoms with Gasteiger partial charge in [0.2, 0.25) is 0 Å². The van der Waals surface area contributed by atoms with E-state index in [9.17, 15) is 0 Å². The number of nitrogens with one attached hydrogen (secondary N) is 1. The first-order chi connectivity index (χ1) is 8.86. The molecule has 0 bridgehead atoms. The predicted molar refractivity (Wildman–Crippen MR) is 76.9 cm³/mol. The molecule has 0 atom stereocenters. The third-order valence-electron chi connectivity index (χ3n) is 3.46. The molecule has 0 spiro atoms. The van der Waals surface area contributed by atoms with E-state index in [1.54, 1.807) is 0 Å². The van der Waals surface area contributed by atoms with Gasteiger partial charge in [0.05, 0.1) is 12.3 Å². The molecule has 1 heterocycles. The summed E-state index contributed by atoms with van der Waals surface area (Å²) >= 11 is 0. The van der Waals surface area contributed by atoms with Crippen LogP contribution in [0, 0.1) is 11.3 Å². The maximum absolute atomic E-state index is 9.06. The molecule has 1 N–H and O–H groups in total. The third-order valence-corrected chi connectivity index (χ3v) is 3.46. The molecule has 0 aliphatic rings. The molecule has 0 saturated heterocycles. The summed E-state index contributed by atoms with van der Waals surface area (Å²) < 4.78 is 5.60. The van der Waals surface area contributed by atoms with E-state index in [4.69, 9.17) is 9.68 Å². The van der Waals surface area contributed by atoms with E-state index >= 15 is 0 Å². The largest absolute Gasteiger partial charge is 0.464 e. The fourth-order valence-corrected chi connectivity index (χ4v) is 2.08. The Kier molecular flexibility index (Phi) is 3.38. The molecule has 0 unspecified atom stereocenters. The molecule has 2 aromatic rings. The van der Waals surface area contributed by atoms with Gasteiger partial charge in [0.1, 0.15) is 11.1 Å². The minimum absolute atomic E-state index is 0.0965. The Labute approximate surface area is 114 Å². The third kappa shape index (κ3) is 2.80. The van der Waals surface area contributed by atoms with Gasteiger partial charge in [-0.25, -0.2) is 0 Å². The molecule has 3 nitrogen and oxygen atoms in total. The van der Waals surface area contributed by atoms with Crippen molar-refractivity contribution in [1.29, 1.82) is 5.26 Å². The van der Waals surface area contributed by atoms with Crippen molar-refractivity contribution in [2.45, 2.75) is 38.6 Å². The summed E-state index contributed by atoms with van der Waals surface area (Å²) in [6.45, 7) is 8.81. The number of para-hydroxylation sites is 1. The van der Waals surface area contributed by atoms with E-state index in [0.717, 1.165) is 17.5 Å². The average molecular weight is 256 g/mol. The number of hydrogen-bond acceptors (Lipinski definition) is 3. The van der Waals surface area contributed by atoms with E-state index < -0.39 is 5.54 Å².